The molecule has 9 nitrogen and oxygen atoms in total. The van der Waals surface area contributed by atoms with E-state index in [0.717, 1.165) is 68.9 Å². The van der Waals surface area contributed by atoms with Crippen molar-refractivity contribution in [3.63, 3.8) is 0 Å². The second-order valence-corrected chi connectivity index (χ2v) is 12.1. The third-order valence-corrected chi connectivity index (χ3v) is 9.07. The molecular formula is C31H42N6O3. The molecule has 4 heterocycles. The van der Waals surface area contributed by atoms with Crippen LogP contribution in [0.4, 0.5) is 5.69 Å². The van der Waals surface area contributed by atoms with Gasteiger partial charge in [-0.15, -0.1) is 5.10 Å². The van der Waals surface area contributed by atoms with E-state index in [1.165, 1.54) is 11.3 Å². The minimum absolute atomic E-state index is 0.103. The number of nitrogens with zero attached hydrogens (tertiary/aromatic N) is 6. The van der Waals surface area contributed by atoms with Crippen LogP contribution in [-0.2, 0) is 9.53 Å². The number of fused-ring (bicyclic) bond motifs is 1. The van der Waals surface area contributed by atoms with Gasteiger partial charge in [0.25, 0.3) is 5.78 Å². The molecule has 1 aliphatic carbocycles. The molecule has 214 valence electrons. The first kappa shape index (κ1) is 27.0. The molecule has 3 atom stereocenters. The maximum absolute atomic E-state index is 13.2. The van der Waals surface area contributed by atoms with E-state index in [1.54, 1.807) is 4.52 Å². The van der Waals surface area contributed by atoms with Gasteiger partial charge in [-0.2, -0.15) is 9.50 Å². The summed E-state index contributed by atoms with van der Waals surface area (Å²) in [6.45, 7) is 13.2. The summed E-state index contributed by atoms with van der Waals surface area (Å²) in [5, 5.41) is 4.47. The predicted octanol–water partition coefficient (Wildman–Crippen LogP) is 4.62. The average molecular weight is 547 g/mol. The number of ether oxygens (including phenoxy) is 2. The molecule has 1 aromatic carbocycles. The molecule has 9 heteroatoms. The fraction of sp³-hybridized carbons (Fsp3) is 0.613. The van der Waals surface area contributed by atoms with Gasteiger partial charge < -0.3 is 19.3 Å². The zero-order valence-corrected chi connectivity index (χ0v) is 24.5. The second kappa shape index (κ2) is 11.0. The second-order valence-electron chi connectivity index (χ2n) is 12.1. The van der Waals surface area contributed by atoms with Crippen molar-refractivity contribution in [1.82, 2.24) is 24.5 Å². The smallest absolute Gasteiger partial charge is 0.253 e. The summed E-state index contributed by atoms with van der Waals surface area (Å²) in [7, 11) is 0. The van der Waals surface area contributed by atoms with Crippen LogP contribution in [0.25, 0.3) is 5.78 Å². The highest BCUT2D eigenvalue weighted by Crippen LogP contribution is 2.38. The first-order valence-corrected chi connectivity index (χ1v) is 14.9. The van der Waals surface area contributed by atoms with Crippen LogP contribution in [0.1, 0.15) is 74.6 Å². The van der Waals surface area contributed by atoms with Crippen LogP contribution in [0.5, 0.6) is 5.75 Å². The SMILES string of the molecule is Cc1nc2nc(C)c(O[C@@H]3CCN(c4ccc([C@H]5CC[C@H](C(=O)N6C[C@@H](C)OC[C@H]6C)CC5)cc4)C3)c(C)n2n1. The number of carbonyl (C=O) groups is 1. The van der Waals surface area contributed by atoms with Gasteiger partial charge in [-0.1, -0.05) is 12.1 Å². The molecule has 2 aliphatic heterocycles. The summed E-state index contributed by atoms with van der Waals surface area (Å²) in [6.07, 6.45) is 5.30. The molecule has 3 aliphatic rings. The summed E-state index contributed by atoms with van der Waals surface area (Å²) in [5.41, 5.74) is 4.42. The van der Waals surface area contributed by atoms with E-state index in [4.69, 9.17) is 9.47 Å². The number of benzene rings is 1. The molecule has 2 saturated heterocycles. The van der Waals surface area contributed by atoms with Crippen LogP contribution in [0.15, 0.2) is 24.3 Å². The molecule has 2 aromatic heterocycles. The maximum atomic E-state index is 13.2. The Kier molecular flexibility index (Phi) is 7.42. The fourth-order valence-electron chi connectivity index (χ4n) is 6.73. The zero-order valence-electron chi connectivity index (χ0n) is 24.5. The molecule has 40 heavy (non-hydrogen) atoms. The first-order valence-electron chi connectivity index (χ1n) is 14.9. The number of carbonyl (C=O) groups excluding carboxylic acids is 1. The van der Waals surface area contributed by atoms with Crippen LogP contribution >= 0.6 is 0 Å². The van der Waals surface area contributed by atoms with Gasteiger partial charge in [0.2, 0.25) is 5.91 Å². The number of hydrogen-bond donors (Lipinski definition) is 0. The van der Waals surface area contributed by atoms with Crippen LogP contribution in [0.3, 0.4) is 0 Å². The van der Waals surface area contributed by atoms with Crippen molar-refractivity contribution < 1.29 is 14.3 Å². The van der Waals surface area contributed by atoms with Gasteiger partial charge in [-0.05, 0) is 83.9 Å². The van der Waals surface area contributed by atoms with E-state index in [-0.39, 0.29) is 24.2 Å². The van der Waals surface area contributed by atoms with E-state index in [1.807, 2.05) is 20.8 Å². The Morgan fingerprint density at radius 2 is 1.73 bits per heavy atom. The largest absolute Gasteiger partial charge is 0.485 e. The predicted molar refractivity (Wildman–Crippen MR) is 154 cm³/mol. The Balaban J connectivity index is 1.04. The van der Waals surface area contributed by atoms with Crippen molar-refractivity contribution in [2.45, 2.75) is 90.9 Å². The van der Waals surface area contributed by atoms with E-state index in [9.17, 15) is 4.79 Å². The van der Waals surface area contributed by atoms with Crippen molar-refractivity contribution in [3.05, 3.63) is 47.0 Å². The average Bonchev–Trinajstić information content (AvgIpc) is 3.58. The Hall–Kier alpha value is -3.20. The number of aryl methyl sites for hydroxylation is 3. The maximum Gasteiger partial charge on any atom is 0.253 e. The number of amides is 1. The van der Waals surface area contributed by atoms with Crippen molar-refractivity contribution >= 4 is 17.4 Å². The molecule has 0 bridgehead atoms. The Morgan fingerprint density at radius 1 is 0.975 bits per heavy atom. The van der Waals surface area contributed by atoms with Gasteiger partial charge >= 0.3 is 0 Å². The third-order valence-electron chi connectivity index (χ3n) is 9.07. The monoisotopic (exact) mass is 546 g/mol. The van der Waals surface area contributed by atoms with Crippen molar-refractivity contribution in [2.75, 3.05) is 31.1 Å². The van der Waals surface area contributed by atoms with Crippen LogP contribution < -0.4 is 9.64 Å². The summed E-state index contributed by atoms with van der Waals surface area (Å²) in [5.74, 6) is 3.16. The van der Waals surface area contributed by atoms with Gasteiger partial charge in [0.15, 0.2) is 5.75 Å². The number of aromatic nitrogens is 4. The lowest BCUT2D eigenvalue weighted by Gasteiger charge is -2.40. The van der Waals surface area contributed by atoms with Gasteiger partial charge in [0.05, 0.1) is 36.7 Å². The van der Waals surface area contributed by atoms with Gasteiger partial charge in [0.1, 0.15) is 11.9 Å². The van der Waals surface area contributed by atoms with Gasteiger partial charge in [-0.3, -0.25) is 4.79 Å². The summed E-state index contributed by atoms with van der Waals surface area (Å²) in [6, 6.07) is 9.28. The van der Waals surface area contributed by atoms with Crippen molar-refractivity contribution in [1.29, 1.82) is 0 Å². The molecule has 6 rings (SSSR count). The Bertz CT molecular complexity index is 1360. The number of hydrogen-bond acceptors (Lipinski definition) is 7. The van der Waals surface area contributed by atoms with E-state index < -0.39 is 0 Å². The normalized spacial score (nSPS) is 27.4. The van der Waals surface area contributed by atoms with Gasteiger partial charge in [-0.25, -0.2) is 4.98 Å². The molecule has 1 amide bonds. The highest BCUT2D eigenvalue weighted by atomic mass is 16.5. The van der Waals surface area contributed by atoms with Crippen LogP contribution in [0, 0.1) is 26.7 Å². The lowest BCUT2D eigenvalue weighted by molar-refractivity contribution is -0.148. The Labute approximate surface area is 236 Å². The van der Waals surface area contributed by atoms with E-state index >= 15 is 0 Å². The quantitative estimate of drug-likeness (QED) is 0.462. The van der Waals surface area contributed by atoms with E-state index in [0.29, 0.717) is 30.0 Å². The number of rotatable bonds is 5. The molecule has 1 saturated carbocycles. The minimum atomic E-state index is 0.103. The van der Waals surface area contributed by atoms with E-state index in [2.05, 4.69) is 63.0 Å². The molecule has 3 aromatic rings. The molecule has 0 unspecified atom stereocenters. The highest BCUT2D eigenvalue weighted by molar-refractivity contribution is 5.79. The molecular weight excluding hydrogens is 504 g/mol. The molecule has 0 N–H and O–H groups in total. The lowest BCUT2D eigenvalue weighted by Crippen LogP contribution is -2.52. The standard InChI is InChI=1S/C31H42N6O3/c1-19-18-39-20(2)16-36(19)30(38)26-8-6-24(7-9-26)25-10-12-27(13-11-25)35-15-14-28(17-35)40-29-21(3)32-31-33-23(5)34-37(31)22(29)4/h10-13,19-20,24,26,28H,6-9,14-18H2,1-5H3/t19-,20-,24-,26-,28-/m1/s1. The minimum Gasteiger partial charge on any atom is -0.485 e. The van der Waals surface area contributed by atoms with Gasteiger partial charge in [0, 0.05) is 31.1 Å². The molecule has 3 fully saturated rings. The van der Waals surface area contributed by atoms with Crippen LogP contribution in [-0.4, -0.2) is 74.9 Å². The summed E-state index contributed by atoms with van der Waals surface area (Å²) >= 11 is 0. The lowest BCUT2D eigenvalue weighted by atomic mass is 9.78. The Morgan fingerprint density at radius 3 is 2.48 bits per heavy atom. The first-order chi connectivity index (χ1) is 19.3. The zero-order chi connectivity index (χ0) is 28.0. The molecule has 0 radical (unpaired) electrons. The van der Waals surface area contributed by atoms with Crippen molar-refractivity contribution in [3.8, 4) is 5.75 Å². The topological polar surface area (TPSA) is 85.1 Å². The summed E-state index contributed by atoms with van der Waals surface area (Å²) < 4.78 is 14.0. The summed E-state index contributed by atoms with van der Waals surface area (Å²) in [4.78, 5) is 26.7. The third kappa shape index (κ3) is 5.28. The van der Waals surface area contributed by atoms with Crippen molar-refractivity contribution in [2.24, 2.45) is 5.92 Å². The highest BCUT2D eigenvalue weighted by Gasteiger charge is 2.35. The number of anilines is 1. The fourth-order valence-corrected chi connectivity index (χ4v) is 6.73. The number of morpholine rings is 1. The van der Waals surface area contributed by atoms with Crippen LogP contribution in [0.2, 0.25) is 0 Å². The molecule has 0 spiro atoms.